The fourth-order valence-corrected chi connectivity index (χ4v) is 3.59. The van der Waals surface area contributed by atoms with Crippen molar-refractivity contribution in [2.24, 2.45) is 4.99 Å². The number of nitrogens with zero attached hydrogens (tertiary/aromatic N) is 3. The summed E-state index contributed by atoms with van der Waals surface area (Å²) in [5.41, 5.74) is 1.39. The highest BCUT2D eigenvalue weighted by Crippen LogP contribution is 2.33. The maximum Gasteiger partial charge on any atom is 0.258 e. The number of aliphatic imine (C=N–C) groups is 1. The van der Waals surface area contributed by atoms with Gasteiger partial charge in [0.2, 0.25) is 0 Å². The molecule has 0 spiro atoms. The number of aromatic nitrogens is 2. The number of anilines is 1. The van der Waals surface area contributed by atoms with Gasteiger partial charge in [0.25, 0.3) is 5.91 Å². The number of ether oxygens (including phenoxy) is 2. The topological polar surface area (TPSA) is 97.7 Å². The Morgan fingerprint density at radius 3 is 2.61 bits per heavy atom. The van der Waals surface area contributed by atoms with Crippen LogP contribution >= 0.6 is 0 Å². The van der Waals surface area contributed by atoms with Crippen LogP contribution in [0.1, 0.15) is 48.0 Å². The van der Waals surface area contributed by atoms with Crippen molar-refractivity contribution in [3.8, 4) is 22.9 Å². The predicted octanol–water partition coefficient (Wildman–Crippen LogP) is 5.92. The van der Waals surface area contributed by atoms with Crippen molar-refractivity contribution in [2.45, 2.75) is 53.5 Å². The van der Waals surface area contributed by atoms with E-state index < -0.39 is 5.82 Å². The fraction of sp³-hybridized carbons (Fsp3) is 0.379. The number of carbonyl (C=O) groups is 1. The summed E-state index contributed by atoms with van der Waals surface area (Å²) in [6.07, 6.45) is 4.46. The maximum absolute atomic E-state index is 15.5. The monoisotopic (exact) mass is 521 g/mol. The van der Waals surface area contributed by atoms with Crippen LogP contribution in [0.15, 0.2) is 53.2 Å². The number of hydrogen-bond acceptors (Lipinski definition) is 7. The Morgan fingerprint density at radius 2 is 1.92 bits per heavy atom. The maximum atomic E-state index is 15.5. The van der Waals surface area contributed by atoms with Gasteiger partial charge in [0.1, 0.15) is 11.6 Å². The largest absolute Gasteiger partial charge is 0.491 e. The molecule has 1 aromatic heterocycles. The molecule has 2 aromatic carbocycles. The Morgan fingerprint density at radius 1 is 1.13 bits per heavy atom. The van der Waals surface area contributed by atoms with Gasteiger partial charge in [-0.3, -0.25) is 9.79 Å². The number of rotatable bonds is 11. The lowest BCUT2D eigenvalue weighted by Gasteiger charge is -2.20. The summed E-state index contributed by atoms with van der Waals surface area (Å²) in [7, 11) is 0. The third-order valence-electron chi connectivity index (χ3n) is 5.20. The van der Waals surface area contributed by atoms with Crippen molar-refractivity contribution in [1.82, 2.24) is 15.3 Å². The zero-order valence-electron chi connectivity index (χ0n) is 22.9. The van der Waals surface area contributed by atoms with Crippen LogP contribution < -0.4 is 20.1 Å². The summed E-state index contributed by atoms with van der Waals surface area (Å²) in [5.74, 6) is 0.514. The first-order valence-electron chi connectivity index (χ1n) is 12.8. The van der Waals surface area contributed by atoms with Gasteiger partial charge in [0.15, 0.2) is 24.0 Å². The average Bonchev–Trinajstić information content (AvgIpc) is 2.87. The molecule has 1 heterocycles. The van der Waals surface area contributed by atoms with Crippen molar-refractivity contribution in [3.63, 3.8) is 0 Å². The minimum absolute atomic E-state index is 0.126. The van der Waals surface area contributed by atoms with E-state index in [-0.39, 0.29) is 35.0 Å². The van der Waals surface area contributed by atoms with Crippen LogP contribution in [0.25, 0.3) is 22.3 Å². The molecule has 0 saturated carbocycles. The SMILES string of the molecule is C/C=C(\C=NCCC)Nc1nc(-c2cccc(OCC(=O)NC(C)(C)C)c2)nc2ccc(OCC)c(F)c12. The Bertz CT molecular complexity index is 1330. The van der Waals surface area contributed by atoms with Crippen LogP contribution in [0.2, 0.25) is 0 Å². The van der Waals surface area contributed by atoms with E-state index in [4.69, 9.17) is 9.47 Å². The first kappa shape index (κ1) is 28.6. The average molecular weight is 522 g/mol. The summed E-state index contributed by atoms with van der Waals surface area (Å²) in [6.45, 7) is 12.3. The van der Waals surface area contributed by atoms with Gasteiger partial charge >= 0.3 is 0 Å². The predicted molar refractivity (Wildman–Crippen MR) is 151 cm³/mol. The van der Waals surface area contributed by atoms with E-state index in [0.717, 1.165) is 6.42 Å². The smallest absolute Gasteiger partial charge is 0.258 e. The number of nitrogens with one attached hydrogen (secondary N) is 2. The summed E-state index contributed by atoms with van der Waals surface area (Å²) in [6, 6.07) is 10.4. The number of carbonyl (C=O) groups excluding carboxylic acids is 1. The summed E-state index contributed by atoms with van der Waals surface area (Å²) in [4.78, 5) is 25.9. The lowest BCUT2D eigenvalue weighted by molar-refractivity contribution is -0.124. The normalized spacial score (nSPS) is 12.1. The highest BCUT2D eigenvalue weighted by Gasteiger charge is 2.18. The second-order valence-electron chi connectivity index (χ2n) is 9.62. The second-order valence-corrected chi connectivity index (χ2v) is 9.62. The zero-order chi connectivity index (χ0) is 27.7. The van der Waals surface area contributed by atoms with Gasteiger partial charge in [-0.05, 0) is 65.3 Å². The van der Waals surface area contributed by atoms with Gasteiger partial charge in [0.05, 0.1) is 23.2 Å². The second kappa shape index (κ2) is 13.0. The van der Waals surface area contributed by atoms with E-state index in [9.17, 15) is 4.79 Å². The van der Waals surface area contributed by atoms with Crippen molar-refractivity contribution in [1.29, 1.82) is 0 Å². The molecule has 1 amide bonds. The number of allylic oxidation sites excluding steroid dienone is 2. The van der Waals surface area contributed by atoms with Crippen LogP contribution in [-0.2, 0) is 4.79 Å². The van der Waals surface area contributed by atoms with Gasteiger partial charge in [-0.2, -0.15) is 0 Å². The van der Waals surface area contributed by atoms with E-state index in [0.29, 0.717) is 41.5 Å². The number of halogens is 1. The van der Waals surface area contributed by atoms with Gasteiger partial charge in [-0.25, -0.2) is 14.4 Å². The highest BCUT2D eigenvalue weighted by molar-refractivity contribution is 5.95. The number of hydrogen-bond donors (Lipinski definition) is 2. The number of amides is 1. The molecule has 0 unspecified atom stereocenters. The van der Waals surface area contributed by atoms with Crippen LogP contribution in [0, 0.1) is 5.82 Å². The molecule has 0 bridgehead atoms. The molecule has 0 radical (unpaired) electrons. The Hall–Kier alpha value is -4.01. The van der Waals surface area contributed by atoms with E-state index in [1.54, 1.807) is 43.5 Å². The van der Waals surface area contributed by atoms with Gasteiger partial charge in [0, 0.05) is 23.9 Å². The highest BCUT2D eigenvalue weighted by atomic mass is 19.1. The van der Waals surface area contributed by atoms with E-state index in [1.807, 2.05) is 46.8 Å². The molecular formula is C29H36FN5O3. The molecular weight excluding hydrogens is 485 g/mol. The van der Waals surface area contributed by atoms with Crippen molar-refractivity contribution < 1.29 is 18.7 Å². The molecule has 0 atom stereocenters. The Balaban J connectivity index is 2.01. The summed E-state index contributed by atoms with van der Waals surface area (Å²) < 4.78 is 26.7. The van der Waals surface area contributed by atoms with Crippen molar-refractivity contribution in [2.75, 3.05) is 25.1 Å². The molecule has 3 aromatic rings. The first-order chi connectivity index (χ1) is 18.1. The third-order valence-corrected chi connectivity index (χ3v) is 5.20. The van der Waals surface area contributed by atoms with Crippen LogP contribution in [0.5, 0.6) is 11.5 Å². The summed E-state index contributed by atoms with van der Waals surface area (Å²) >= 11 is 0. The standard InChI is InChI=1S/C29H36FN5O3/c1-7-15-31-17-20(8-2)32-28-25-22(13-14-23(26(25)30)37-9-3)33-27(34-28)19-11-10-12-21(16-19)38-18-24(36)35-29(4,5)6/h8,10-14,16-17H,7,9,15,18H2,1-6H3,(H,35,36)(H,32,33,34)/b20-8+,31-17?. The quantitative estimate of drug-likeness (QED) is 0.304. The van der Waals surface area contributed by atoms with Gasteiger partial charge in [-0.1, -0.05) is 25.1 Å². The minimum atomic E-state index is -0.540. The number of fused-ring (bicyclic) bond motifs is 1. The van der Waals surface area contributed by atoms with Crippen LogP contribution in [0.3, 0.4) is 0 Å². The first-order valence-corrected chi connectivity index (χ1v) is 12.8. The molecule has 8 nitrogen and oxygen atoms in total. The van der Waals surface area contributed by atoms with E-state index in [1.165, 1.54) is 0 Å². The minimum Gasteiger partial charge on any atom is -0.491 e. The van der Waals surface area contributed by atoms with Crippen molar-refractivity contribution in [3.05, 3.63) is 54.0 Å². The van der Waals surface area contributed by atoms with Crippen LogP contribution in [0.4, 0.5) is 10.2 Å². The molecule has 9 heteroatoms. The van der Waals surface area contributed by atoms with Crippen molar-refractivity contribution >= 4 is 28.8 Å². The Labute approximate surface area is 223 Å². The molecule has 0 aliphatic carbocycles. The number of benzene rings is 2. The zero-order valence-corrected chi connectivity index (χ0v) is 22.9. The summed E-state index contributed by atoms with van der Waals surface area (Å²) in [5, 5.41) is 6.29. The Kier molecular flexibility index (Phi) is 9.76. The molecule has 0 aliphatic rings. The lowest BCUT2D eigenvalue weighted by Crippen LogP contribution is -2.43. The third kappa shape index (κ3) is 7.74. The molecule has 202 valence electrons. The van der Waals surface area contributed by atoms with E-state index >= 15 is 4.39 Å². The lowest BCUT2D eigenvalue weighted by atomic mass is 10.1. The van der Waals surface area contributed by atoms with E-state index in [2.05, 4.69) is 25.6 Å². The molecule has 38 heavy (non-hydrogen) atoms. The molecule has 2 N–H and O–H groups in total. The molecule has 0 aliphatic heterocycles. The molecule has 3 rings (SSSR count). The molecule has 0 fully saturated rings. The molecule has 0 saturated heterocycles. The van der Waals surface area contributed by atoms with Gasteiger partial charge < -0.3 is 20.1 Å². The fourth-order valence-electron chi connectivity index (χ4n) is 3.59. The van der Waals surface area contributed by atoms with Gasteiger partial charge in [-0.15, -0.1) is 0 Å². The van der Waals surface area contributed by atoms with Crippen LogP contribution in [-0.4, -0.2) is 47.4 Å².